The number of para-hydroxylation sites is 2. The van der Waals surface area contributed by atoms with Crippen LogP contribution in [0.5, 0.6) is 10.8 Å². The molecule has 7 aromatic rings. The molecule has 0 bridgehead atoms. The van der Waals surface area contributed by atoms with E-state index in [0.29, 0.717) is 0 Å². The van der Waals surface area contributed by atoms with E-state index in [-0.39, 0.29) is 5.41 Å². The topological polar surface area (TPSA) is 28.6 Å². The fraction of sp³-hybridized carbons (Fsp3) is 0.162. The average Bonchev–Trinajstić information content (AvgIpc) is 3.74. The number of thiophene rings is 2. The molecule has 0 saturated carbocycles. The van der Waals surface area contributed by atoms with E-state index in [0.717, 1.165) is 34.4 Å². The smallest absolute Gasteiger partial charge is 0.182 e. The molecule has 0 amide bonds. The van der Waals surface area contributed by atoms with Crippen molar-refractivity contribution < 1.29 is 4.74 Å². The van der Waals surface area contributed by atoms with Crippen LogP contribution in [0.15, 0.2) is 103 Å². The largest absolute Gasteiger partial charge is 0.447 e. The Morgan fingerprint density at radius 2 is 1.65 bits per heavy atom. The number of hydrogen-bond donors (Lipinski definition) is 0. The predicted molar refractivity (Wildman–Crippen MR) is 185 cm³/mol. The highest BCUT2D eigenvalue weighted by Gasteiger charge is 2.24. The minimum absolute atomic E-state index is 0.0350. The molecule has 0 fully saturated rings. The van der Waals surface area contributed by atoms with E-state index in [2.05, 4.69) is 128 Å². The van der Waals surface area contributed by atoms with Crippen molar-refractivity contribution in [3.05, 3.63) is 108 Å². The van der Waals surface area contributed by atoms with Crippen LogP contribution >= 0.6 is 22.7 Å². The van der Waals surface area contributed by atoms with E-state index in [1.54, 1.807) is 22.7 Å². The fourth-order valence-electron chi connectivity index (χ4n) is 6.12. The van der Waals surface area contributed by atoms with Gasteiger partial charge in [0.05, 0.1) is 23.7 Å². The van der Waals surface area contributed by atoms with Gasteiger partial charge in [-0.3, -0.25) is 4.98 Å². The lowest BCUT2D eigenvalue weighted by Gasteiger charge is -2.20. The molecule has 0 spiro atoms. The number of pyridine rings is 1. The minimum atomic E-state index is 0.0350. The van der Waals surface area contributed by atoms with Gasteiger partial charge in [0.25, 0.3) is 0 Å². The molecular formula is C37H31N3OS2. The van der Waals surface area contributed by atoms with Gasteiger partial charge in [0.1, 0.15) is 5.75 Å². The molecule has 0 saturated heterocycles. The van der Waals surface area contributed by atoms with Gasteiger partial charge in [-0.1, -0.05) is 62.4 Å². The Bertz CT molecular complexity index is 2170. The first-order valence-electron chi connectivity index (χ1n) is 14.5. The van der Waals surface area contributed by atoms with Gasteiger partial charge in [-0.2, -0.15) is 0 Å². The summed E-state index contributed by atoms with van der Waals surface area (Å²) in [6.07, 6.45) is 1.95. The zero-order valence-electron chi connectivity index (χ0n) is 24.6. The van der Waals surface area contributed by atoms with Gasteiger partial charge in [0, 0.05) is 62.2 Å². The number of anilines is 3. The van der Waals surface area contributed by atoms with Crippen molar-refractivity contribution >= 4 is 70.7 Å². The highest BCUT2D eigenvalue weighted by atomic mass is 32.1. The second-order valence-corrected chi connectivity index (χ2v) is 14.2. The van der Waals surface area contributed by atoms with E-state index in [1.807, 2.05) is 12.3 Å². The maximum Gasteiger partial charge on any atom is 0.182 e. The molecule has 0 radical (unpaired) electrons. The van der Waals surface area contributed by atoms with Gasteiger partial charge in [-0.25, -0.2) is 0 Å². The zero-order valence-corrected chi connectivity index (χ0v) is 26.2. The SMILES string of the molecule is CN1CN(c2cccc(Oc3cc4c(-c5cc(C(C)(C)C)ccn5)cc5c(ccc6ccsc65)c4s3)c2)c2ccccc21. The number of nitrogens with zero attached hydrogens (tertiary/aromatic N) is 3. The minimum Gasteiger partial charge on any atom is -0.447 e. The van der Waals surface area contributed by atoms with E-state index in [4.69, 9.17) is 9.72 Å². The van der Waals surface area contributed by atoms with Crippen LogP contribution in [0.4, 0.5) is 17.1 Å². The molecule has 4 heterocycles. The van der Waals surface area contributed by atoms with Crippen LogP contribution in [0, 0.1) is 0 Å². The Morgan fingerprint density at radius 1 is 0.791 bits per heavy atom. The maximum atomic E-state index is 6.63. The van der Waals surface area contributed by atoms with Crippen molar-refractivity contribution in [3.8, 4) is 22.1 Å². The van der Waals surface area contributed by atoms with Crippen LogP contribution < -0.4 is 14.5 Å². The van der Waals surface area contributed by atoms with Gasteiger partial charge in [0.15, 0.2) is 5.06 Å². The summed E-state index contributed by atoms with van der Waals surface area (Å²) in [4.78, 5) is 9.48. The molecule has 0 atom stereocenters. The molecule has 4 aromatic carbocycles. The summed E-state index contributed by atoms with van der Waals surface area (Å²) in [5.74, 6) is 0.829. The molecule has 8 rings (SSSR count). The van der Waals surface area contributed by atoms with Gasteiger partial charge >= 0.3 is 0 Å². The lowest BCUT2D eigenvalue weighted by atomic mass is 9.86. The summed E-state index contributed by atoms with van der Waals surface area (Å²) in [6.45, 7) is 7.56. The summed E-state index contributed by atoms with van der Waals surface area (Å²) >= 11 is 3.51. The van der Waals surface area contributed by atoms with Gasteiger partial charge < -0.3 is 14.5 Å². The molecule has 3 aromatic heterocycles. The molecule has 212 valence electrons. The number of fused-ring (bicyclic) bond motifs is 6. The molecule has 43 heavy (non-hydrogen) atoms. The maximum absolute atomic E-state index is 6.63. The molecule has 6 heteroatoms. The molecular weight excluding hydrogens is 567 g/mol. The van der Waals surface area contributed by atoms with Gasteiger partial charge in [0.2, 0.25) is 0 Å². The van der Waals surface area contributed by atoms with Crippen molar-refractivity contribution in [2.75, 3.05) is 23.5 Å². The Kier molecular flexibility index (Phi) is 6.00. The second-order valence-electron chi connectivity index (χ2n) is 12.3. The van der Waals surface area contributed by atoms with E-state index < -0.39 is 0 Å². The van der Waals surface area contributed by atoms with Crippen molar-refractivity contribution in [2.45, 2.75) is 26.2 Å². The van der Waals surface area contributed by atoms with Crippen molar-refractivity contribution in [1.29, 1.82) is 0 Å². The quantitative estimate of drug-likeness (QED) is 0.202. The predicted octanol–water partition coefficient (Wildman–Crippen LogP) is 11.0. The van der Waals surface area contributed by atoms with E-state index in [9.17, 15) is 0 Å². The molecule has 0 unspecified atom stereocenters. The summed E-state index contributed by atoms with van der Waals surface area (Å²) in [6, 6.07) is 32.6. The molecule has 1 aliphatic rings. The molecule has 0 N–H and O–H groups in total. The van der Waals surface area contributed by atoms with Gasteiger partial charge in [-0.15, -0.1) is 11.3 Å². The number of rotatable bonds is 4. The summed E-state index contributed by atoms with van der Waals surface area (Å²) in [5.41, 5.74) is 7.02. The third-order valence-electron chi connectivity index (χ3n) is 8.38. The third kappa shape index (κ3) is 4.44. The Labute approximate surface area is 259 Å². The molecule has 0 aliphatic carbocycles. The number of aromatic nitrogens is 1. The summed E-state index contributed by atoms with van der Waals surface area (Å²) < 4.78 is 9.17. The van der Waals surface area contributed by atoms with Crippen LogP contribution in [0.2, 0.25) is 0 Å². The van der Waals surface area contributed by atoms with E-state index in [1.165, 1.54) is 47.9 Å². The number of benzene rings is 4. The Balaban J connectivity index is 1.25. The molecule has 4 nitrogen and oxygen atoms in total. The summed E-state index contributed by atoms with van der Waals surface area (Å²) in [5, 5.41) is 8.03. The number of ether oxygens (including phenoxy) is 1. The van der Waals surface area contributed by atoms with Crippen LogP contribution in [0.25, 0.3) is 42.2 Å². The van der Waals surface area contributed by atoms with Crippen molar-refractivity contribution in [2.24, 2.45) is 0 Å². The first kappa shape index (κ1) is 26.3. The van der Waals surface area contributed by atoms with Gasteiger partial charge in [-0.05, 0) is 70.3 Å². The standard InChI is InChI=1S/C37H31N3OS2/c1-37(2,3)24-14-16-38-31(18-24)28-20-29-27(13-12-23-15-17-42-35(23)29)36-30(28)21-34(43-36)41-26-9-7-8-25(19-26)40-22-39(4)32-10-5-6-11-33(32)40/h5-21H,22H2,1-4H3. The normalized spacial score (nSPS) is 13.4. The first-order valence-corrected chi connectivity index (χ1v) is 16.2. The number of hydrogen-bond acceptors (Lipinski definition) is 6. The zero-order chi connectivity index (χ0) is 29.3. The highest BCUT2D eigenvalue weighted by molar-refractivity contribution is 7.22. The molecule has 1 aliphatic heterocycles. The van der Waals surface area contributed by atoms with Crippen LogP contribution in [-0.2, 0) is 5.41 Å². The Hall–Kier alpha value is -4.39. The summed E-state index contributed by atoms with van der Waals surface area (Å²) in [7, 11) is 2.13. The highest BCUT2D eigenvalue weighted by Crippen LogP contribution is 2.47. The third-order valence-corrected chi connectivity index (χ3v) is 10.4. The van der Waals surface area contributed by atoms with Crippen molar-refractivity contribution in [1.82, 2.24) is 4.98 Å². The monoisotopic (exact) mass is 597 g/mol. The van der Waals surface area contributed by atoms with Crippen LogP contribution in [0.1, 0.15) is 26.3 Å². The van der Waals surface area contributed by atoms with E-state index >= 15 is 0 Å². The lowest BCUT2D eigenvalue weighted by molar-refractivity contribution is 0.497. The van der Waals surface area contributed by atoms with Crippen LogP contribution in [-0.4, -0.2) is 18.7 Å². The second kappa shape index (κ2) is 9.83. The first-order chi connectivity index (χ1) is 20.8. The Morgan fingerprint density at radius 3 is 2.51 bits per heavy atom. The lowest BCUT2D eigenvalue weighted by Crippen LogP contribution is -2.23. The van der Waals surface area contributed by atoms with Crippen molar-refractivity contribution in [3.63, 3.8) is 0 Å². The van der Waals surface area contributed by atoms with Crippen LogP contribution in [0.3, 0.4) is 0 Å². The average molecular weight is 598 g/mol. The fourth-order valence-corrected chi connectivity index (χ4v) is 8.13.